The molecule has 0 unspecified atom stereocenters. The van der Waals surface area contributed by atoms with E-state index in [9.17, 15) is 9.18 Å². The van der Waals surface area contributed by atoms with Crippen LogP contribution in [0.15, 0.2) is 34.7 Å². The van der Waals surface area contributed by atoms with Gasteiger partial charge >= 0.3 is 5.97 Å². The van der Waals surface area contributed by atoms with Gasteiger partial charge in [-0.2, -0.15) is 0 Å². The summed E-state index contributed by atoms with van der Waals surface area (Å²) in [6.45, 7) is 0. The molecule has 0 radical (unpaired) electrons. The molecule has 17 heavy (non-hydrogen) atoms. The lowest BCUT2D eigenvalue weighted by atomic mass is 10.1. The second kappa shape index (κ2) is 4.29. The minimum Gasteiger partial charge on any atom is -0.494 e. The molecule has 1 N–H and O–H groups in total. The number of rotatable bonds is 3. The summed E-state index contributed by atoms with van der Waals surface area (Å²) in [4.78, 5) is 10.6. The van der Waals surface area contributed by atoms with Crippen LogP contribution in [0.3, 0.4) is 0 Å². The highest BCUT2D eigenvalue weighted by molar-refractivity contribution is 5.85. The van der Waals surface area contributed by atoms with Crippen LogP contribution in [0, 0.1) is 5.82 Å². The van der Waals surface area contributed by atoms with E-state index >= 15 is 0 Å². The van der Waals surface area contributed by atoms with Crippen LogP contribution in [0.4, 0.5) is 4.39 Å². The summed E-state index contributed by atoms with van der Waals surface area (Å²) < 4.78 is 23.3. The first kappa shape index (κ1) is 11.2. The van der Waals surface area contributed by atoms with Gasteiger partial charge in [-0.1, -0.05) is 0 Å². The first-order valence-corrected chi connectivity index (χ1v) is 4.79. The van der Waals surface area contributed by atoms with E-state index in [1.54, 1.807) is 6.07 Å². The maximum Gasteiger partial charge on any atom is 0.371 e. The Labute approximate surface area is 96.2 Å². The molecule has 0 aliphatic heterocycles. The monoisotopic (exact) mass is 236 g/mol. The number of furan rings is 1. The highest BCUT2D eigenvalue weighted by Gasteiger charge is 2.12. The number of carboxylic acid groups (broad SMARTS) is 1. The van der Waals surface area contributed by atoms with Gasteiger partial charge in [0.1, 0.15) is 5.76 Å². The second-order valence-electron chi connectivity index (χ2n) is 3.32. The molecule has 0 saturated heterocycles. The van der Waals surface area contributed by atoms with E-state index in [1.807, 2.05) is 0 Å². The summed E-state index contributed by atoms with van der Waals surface area (Å²) in [6.07, 6.45) is 0. The van der Waals surface area contributed by atoms with Crippen molar-refractivity contribution in [1.82, 2.24) is 0 Å². The number of hydrogen-bond donors (Lipinski definition) is 1. The van der Waals surface area contributed by atoms with E-state index in [4.69, 9.17) is 14.3 Å². The van der Waals surface area contributed by atoms with E-state index in [-0.39, 0.29) is 11.5 Å². The van der Waals surface area contributed by atoms with Crippen molar-refractivity contribution in [2.24, 2.45) is 0 Å². The van der Waals surface area contributed by atoms with Gasteiger partial charge in [-0.05, 0) is 30.3 Å². The van der Waals surface area contributed by atoms with Gasteiger partial charge in [-0.25, -0.2) is 9.18 Å². The van der Waals surface area contributed by atoms with Crippen LogP contribution in [0.5, 0.6) is 5.75 Å². The molecular weight excluding hydrogens is 227 g/mol. The number of carbonyl (C=O) groups is 1. The Kier molecular flexibility index (Phi) is 2.82. The van der Waals surface area contributed by atoms with Crippen molar-refractivity contribution >= 4 is 5.97 Å². The molecular formula is C12H9FO4. The van der Waals surface area contributed by atoms with Gasteiger partial charge in [0.2, 0.25) is 5.76 Å². The van der Waals surface area contributed by atoms with Gasteiger partial charge in [0.15, 0.2) is 11.6 Å². The Morgan fingerprint density at radius 1 is 1.35 bits per heavy atom. The highest BCUT2D eigenvalue weighted by atomic mass is 19.1. The zero-order chi connectivity index (χ0) is 12.4. The number of ether oxygens (including phenoxy) is 1. The van der Waals surface area contributed by atoms with Crippen molar-refractivity contribution < 1.29 is 23.4 Å². The van der Waals surface area contributed by atoms with E-state index in [0.29, 0.717) is 11.3 Å². The Bertz CT molecular complexity index is 559. The van der Waals surface area contributed by atoms with Crippen LogP contribution in [0.25, 0.3) is 11.3 Å². The van der Waals surface area contributed by atoms with Crippen LogP contribution >= 0.6 is 0 Å². The first-order valence-electron chi connectivity index (χ1n) is 4.79. The van der Waals surface area contributed by atoms with E-state index < -0.39 is 11.8 Å². The van der Waals surface area contributed by atoms with Crippen LogP contribution in [-0.2, 0) is 0 Å². The van der Waals surface area contributed by atoms with Gasteiger partial charge in [0, 0.05) is 5.56 Å². The highest BCUT2D eigenvalue weighted by Crippen LogP contribution is 2.26. The minimum atomic E-state index is -1.16. The molecule has 0 aliphatic rings. The third-order valence-corrected chi connectivity index (χ3v) is 2.25. The quantitative estimate of drug-likeness (QED) is 0.890. The van der Waals surface area contributed by atoms with Gasteiger partial charge in [0.25, 0.3) is 0 Å². The maximum atomic E-state index is 13.4. The average Bonchev–Trinajstić information content (AvgIpc) is 2.78. The van der Waals surface area contributed by atoms with E-state index in [0.717, 1.165) is 0 Å². The molecule has 0 spiro atoms. The Balaban J connectivity index is 2.39. The van der Waals surface area contributed by atoms with Crippen LogP contribution in [0.1, 0.15) is 10.6 Å². The lowest BCUT2D eigenvalue weighted by Crippen LogP contribution is -1.91. The van der Waals surface area contributed by atoms with Crippen LogP contribution in [-0.4, -0.2) is 18.2 Å². The van der Waals surface area contributed by atoms with Crippen molar-refractivity contribution in [2.45, 2.75) is 0 Å². The van der Waals surface area contributed by atoms with Gasteiger partial charge in [0.05, 0.1) is 7.11 Å². The van der Waals surface area contributed by atoms with E-state index in [1.165, 1.54) is 31.4 Å². The standard InChI is InChI=1S/C12H9FO4/c1-16-10-3-2-7(6-8(10)13)9-4-5-11(17-9)12(14)15/h2-6H,1H3,(H,14,15). The number of halogens is 1. The summed E-state index contributed by atoms with van der Waals surface area (Å²) >= 11 is 0. The van der Waals surface area contributed by atoms with Crippen molar-refractivity contribution in [3.63, 3.8) is 0 Å². The fraction of sp³-hybridized carbons (Fsp3) is 0.0833. The number of hydrogen-bond acceptors (Lipinski definition) is 3. The summed E-state index contributed by atoms with van der Waals surface area (Å²) in [6, 6.07) is 7.06. The van der Waals surface area contributed by atoms with Crippen molar-refractivity contribution in [3.05, 3.63) is 41.9 Å². The molecule has 1 aromatic heterocycles. The number of methoxy groups -OCH3 is 1. The molecule has 0 aliphatic carbocycles. The number of benzene rings is 1. The van der Waals surface area contributed by atoms with Gasteiger partial charge in [-0.15, -0.1) is 0 Å². The number of aromatic carboxylic acids is 1. The molecule has 0 fully saturated rings. The third-order valence-electron chi connectivity index (χ3n) is 2.25. The third kappa shape index (κ3) is 2.13. The molecule has 1 heterocycles. The summed E-state index contributed by atoms with van der Waals surface area (Å²) in [5, 5.41) is 8.69. The molecule has 88 valence electrons. The average molecular weight is 236 g/mol. The molecule has 0 bridgehead atoms. The number of carboxylic acids is 1. The van der Waals surface area contributed by atoms with Crippen molar-refractivity contribution in [2.75, 3.05) is 7.11 Å². The fourth-order valence-electron chi connectivity index (χ4n) is 1.43. The molecule has 0 atom stereocenters. The van der Waals surface area contributed by atoms with Crippen LogP contribution in [0.2, 0.25) is 0 Å². The predicted octanol–water partition coefficient (Wildman–Crippen LogP) is 2.79. The van der Waals surface area contributed by atoms with Crippen molar-refractivity contribution in [3.8, 4) is 17.1 Å². The predicted molar refractivity (Wildman–Crippen MR) is 57.6 cm³/mol. The summed E-state index contributed by atoms with van der Waals surface area (Å²) in [5.74, 6) is -1.46. The summed E-state index contributed by atoms with van der Waals surface area (Å²) in [7, 11) is 1.37. The smallest absolute Gasteiger partial charge is 0.371 e. The molecule has 0 saturated carbocycles. The van der Waals surface area contributed by atoms with E-state index in [2.05, 4.69) is 0 Å². The van der Waals surface area contributed by atoms with Crippen molar-refractivity contribution in [1.29, 1.82) is 0 Å². The molecule has 5 heteroatoms. The molecule has 4 nitrogen and oxygen atoms in total. The molecule has 1 aromatic carbocycles. The molecule has 0 amide bonds. The lowest BCUT2D eigenvalue weighted by molar-refractivity contribution is 0.0663. The van der Waals surface area contributed by atoms with Crippen LogP contribution < -0.4 is 4.74 Å². The van der Waals surface area contributed by atoms with Gasteiger partial charge < -0.3 is 14.3 Å². The largest absolute Gasteiger partial charge is 0.494 e. The Morgan fingerprint density at radius 3 is 2.65 bits per heavy atom. The fourth-order valence-corrected chi connectivity index (χ4v) is 1.43. The first-order chi connectivity index (χ1) is 8.11. The topological polar surface area (TPSA) is 59.7 Å². The van der Waals surface area contributed by atoms with Gasteiger partial charge in [-0.3, -0.25) is 0 Å². The molecule has 2 aromatic rings. The second-order valence-corrected chi connectivity index (χ2v) is 3.32. The molecule has 2 rings (SSSR count). The maximum absolute atomic E-state index is 13.4. The Hall–Kier alpha value is -2.30. The normalized spacial score (nSPS) is 10.2. The zero-order valence-electron chi connectivity index (χ0n) is 8.94. The lowest BCUT2D eigenvalue weighted by Gasteiger charge is -2.02. The Morgan fingerprint density at radius 2 is 2.12 bits per heavy atom. The zero-order valence-corrected chi connectivity index (χ0v) is 8.94. The summed E-state index contributed by atoms with van der Waals surface area (Å²) in [5.41, 5.74) is 0.454. The SMILES string of the molecule is COc1ccc(-c2ccc(C(=O)O)o2)cc1F. The minimum absolute atomic E-state index is 0.124.